The quantitative estimate of drug-likeness (QED) is 0.615. The molecule has 0 fully saturated rings. The Labute approximate surface area is 139 Å². The number of anilines is 1. The van der Waals surface area contributed by atoms with E-state index in [0.29, 0.717) is 6.54 Å². The molecule has 1 aromatic carbocycles. The van der Waals surface area contributed by atoms with Crippen LogP contribution in [0.5, 0.6) is 0 Å². The lowest BCUT2D eigenvalue weighted by Crippen LogP contribution is -2.09. The summed E-state index contributed by atoms with van der Waals surface area (Å²) >= 11 is 0. The predicted molar refractivity (Wildman–Crippen MR) is 92.8 cm³/mol. The van der Waals surface area contributed by atoms with Crippen molar-refractivity contribution in [2.45, 2.75) is 20.0 Å². The molecule has 0 bridgehead atoms. The SMILES string of the molecule is Cc1cc(NCc2cnn3cccnc23)n(Cc2ccccc2)n1. The van der Waals surface area contributed by atoms with Gasteiger partial charge in [-0.05, 0) is 18.6 Å². The normalized spacial score (nSPS) is 11.0. The second-order valence-corrected chi connectivity index (χ2v) is 5.73. The van der Waals surface area contributed by atoms with E-state index in [1.807, 2.05) is 48.3 Å². The number of hydrogen-bond donors (Lipinski definition) is 1. The van der Waals surface area contributed by atoms with Gasteiger partial charge in [0, 0.05) is 30.6 Å². The lowest BCUT2D eigenvalue weighted by Gasteiger charge is -2.09. The largest absolute Gasteiger partial charge is 0.366 e. The molecule has 3 heterocycles. The van der Waals surface area contributed by atoms with E-state index in [9.17, 15) is 0 Å². The number of fused-ring (bicyclic) bond motifs is 1. The van der Waals surface area contributed by atoms with E-state index in [1.165, 1.54) is 5.56 Å². The first-order valence-corrected chi connectivity index (χ1v) is 7.89. The summed E-state index contributed by atoms with van der Waals surface area (Å²) in [5, 5.41) is 12.4. The molecule has 0 aliphatic heterocycles. The predicted octanol–water partition coefficient (Wildman–Crippen LogP) is 2.89. The number of nitrogens with one attached hydrogen (secondary N) is 1. The molecule has 120 valence electrons. The third-order valence-electron chi connectivity index (χ3n) is 3.89. The summed E-state index contributed by atoms with van der Waals surface area (Å²) < 4.78 is 3.77. The zero-order chi connectivity index (χ0) is 16.4. The number of nitrogens with zero attached hydrogens (tertiary/aromatic N) is 5. The molecular formula is C18H18N6. The van der Waals surface area contributed by atoms with Gasteiger partial charge in [0.15, 0.2) is 5.65 Å². The van der Waals surface area contributed by atoms with Crippen LogP contribution < -0.4 is 5.32 Å². The minimum atomic E-state index is 0.653. The summed E-state index contributed by atoms with van der Waals surface area (Å²) in [7, 11) is 0. The van der Waals surface area contributed by atoms with E-state index < -0.39 is 0 Å². The highest BCUT2D eigenvalue weighted by molar-refractivity contribution is 5.48. The van der Waals surface area contributed by atoms with Crippen molar-refractivity contribution in [3.05, 3.63) is 77.9 Å². The fourth-order valence-corrected chi connectivity index (χ4v) is 2.75. The van der Waals surface area contributed by atoms with E-state index in [4.69, 9.17) is 0 Å². The van der Waals surface area contributed by atoms with Crippen LogP contribution >= 0.6 is 0 Å². The Morgan fingerprint density at radius 2 is 2.00 bits per heavy atom. The molecule has 0 atom stereocenters. The van der Waals surface area contributed by atoms with Crippen molar-refractivity contribution in [1.82, 2.24) is 24.4 Å². The smallest absolute Gasteiger partial charge is 0.159 e. The van der Waals surface area contributed by atoms with E-state index >= 15 is 0 Å². The van der Waals surface area contributed by atoms with E-state index in [-0.39, 0.29) is 0 Å². The Bertz CT molecular complexity index is 954. The van der Waals surface area contributed by atoms with Crippen LogP contribution in [-0.2, 0) is 13.1 Å². The first kappa shape index (κ1) is 14.4. The van der Waals surface area contributed by atoms with E-state index in [1.54, 1.807) is 10.7 Å². The van der Waals surface area contributed by atoms with Gasteiger partial charge in [0.05, 0.1) is 18.4 Å². The Hall–Kier alpha value is -3.15. The minimum Gasteiger partial charge on any atom is -0.366 e. The monoisotopic (exact) mass is 318 g/mol. The van der Waals surface area contributed by atoms with Crippen molar-refractivity contribution in [2.75, 3.05) is 5.32 Å². The van der Waals surface area contributed by atoms with Gasteiger partial charge < -0.3 is 5.32 Å². The van der Waals surface area contributed by atoms with Gasteiger partial charge in [0.25, 0.3) is 0 Å². The lowest BCUT2D eigenvalue weighted by molar-refractivity contribution is 0.683. The molecule has 0 amide bonds. The van der Waals surface area contributed by atoms with Crippen LogP contribution in [0.2, 0.25) is 0 Å². The summed E-state index contributed by atoms with van der Waals surface area (Å²) in [5.74, 6) is 0.992. The van der Waals surface area contributed by atoms with Crippen LogP contribution in [0.25, 0.3) is 5.65 Å². The topological polar surface area (TPSA) is 60.0 Å². The number of benzene rings is 1. The summed E-state index contributed by atoms with van der Waals surface area (Å²) in [5.41, 5.74) is 4.14. The second-order valence-electron chi connectivity index (χ2n) is 5.73. The molecule has 0 saturated carbocycles. The van der Waals surface area contributed by atoms with E-state index in [0.717, 1.165) is 29.3 Å². The maximum atomic E-state index is 4.59. The summed E-state index contributed by atoms with van der Waals surface area (Å²) in [4.78, 5) is 4.39. The van der Waals surface area contributed by atoms with Gasteiger partial charge in [-0.15, -0.1) is 0 Å². The molecule has 3 aromatic heterocycles. The molecule has 6 heteroatoms. The Balaban J connectivity index is 1.54. The van der Waals surface area contributed by atoms with Gasteiger partial charge >= 0.3 is 0 Å². The fourth-order valence-electron chi connectivity index (χ4n) is 2.75. The zero-order valence-corrected chi connectivity index (χ0v) is 13.4. The molecule has 6 nitrogen and oxygen atoms in total. The van der Waals surface area contributed by atoms with Crippen LogP contribution in [0.15, 0.2) is 61.1 Å². The maximum absolute atomic E-state index is 4.59. The van der Waals surface area contributed by atoms with Crippen molar-refractivity contribution in [1.29, 1.82) is 0 Å². The molecule has 0 spiro atoms. The molecular weight excluding hydrogens is 300 g/mol. The van der Waals surface area contributed by atoms with Crippen molar-refractivity contribution in [2.24, 2.45) is 0 Å². The highest BCUT2D eigenvalue weighted by Crippen LogP contribution is 2.15. The summed E-state index contributed by atoms with van der Waals surface area (Å²) in [6, 6.07) is 14.3. The Kier molecular flexibility index (Phi) is 3.70. The number of aryl methyl sites for hydroxylation is 1. The van der Waals surface area contributed by atoms with Crippen molar-refractivity contribution < 1.29 is 0 Å². The number of hydrogen-bond acceptors (Lipinski definition) is 4. The number of aromatic nitrogens is 5. The average molecular weight is 318 g/mol. The molecule has 4 rings (SSSR count). The minimum absolute atomic E-state index is 0.653. The van der Waals surface area contributed by atoms with Gasteiger partial charge in [-0.2, -0.15) is 10.2 Å². The van der Waals surface area contributed by atoms with Crippen molar-refractivity contribution in [3.8, 4) is 0 Å². The maximum Gasteiger partial charge on any atom is 0.159 e. The van der Waals surface area contributed by atoms with Crippen LogP contribution in [0, 0.1) is 6.92 Å². The zero-order valence-electron chi connectivity index (χ0n) is 13.4. The molecule has 0 saturated heterocycles. The molecule has 0 radical (unpaired) electrons. The summed E-state index contributed by atoms with van der Waals surface area (Å²) in [6.07, 6.45) is 5.53. The lowest BCUT2D eigenvalue weighted by atomic mass is 10.2. The molecule has 0 unspecified atom stereocenters. The highest BCUT2D eigenvalue weighted by Gasteiger charge is 2.09. The molecule has 4 aromatic rings. The van der Waals surface area contributed by atoms with Gasteiger partial charge in [0.1, 0.15) is 5.82 Å². The average Bonchev–Trinajstić information content (AvgIpc) is 3.17. The first-order valence-electron chi connectivity index (χ1n) is 7.89. The van der Waals surface area contributed by atoms with E-state index in [2.05, 4.69) is 38.7 Å². The van der Waals surface area contributed by atoms with Crippen molar-refractivity contribution >= 4 is 11.5 Å². The van der Waals surface area contributed by atoms with Crippen LogP contribution in [0.4, 0.5) is 5.82 Å². The van der Waals surface area contributed by atoms with Crippen LogP contribution in [0.1, 0.15) is 16.8 Å². The summed E-state index contributed by atoms with van der Waals surface area (Å²) in [6.45, 7) is 3.40. The first-order chi connectivity index (χ1) is 11.8. The third-order valence-corrected chi connectivity index (χ3v) is 3.89. The molecule has 0 aliphatic rings. The molecule has 1 N–H and O–H groups in total. The van der Waals surface area contributed by atoms with Crippen LogP contribution in [-0.4, -0.2) is 24.4 Å². The second kappa shape index (κ2) is 6.16. The van der Waals surface area contributed by atoms with Crippen LogP contribution in [0.3, 0.4) is 0 Å². The van der Waals surface area contributed by atoms with Gasteiger partial charge in [0.2, 0.25) is 0 Å². The highest BCUT2D eigenvalue weighted by atomic mass is 15.3. The van der Waals surface area contributed by atoms with Gasteiger partial charge in [-0.3, -0.25) is 0 Å². The van der Waals surface area contributed by atoms with Gasteiger partial charge in [-0.1, -0.05) is 30.3 Å². The van der Waals surface area contributed by atoms with Crippen molar-refractivity contribution in [3.63, 3.8) is 0 Å². The Morgan fingerprint density at radius 1 is 1.12 bits per heavy atom. The molecule has 24 heavy (non-hydrogen) atoms. The Morgan fingerprint density at radius 3 is 2.88 bits per heavy atom. The fraction of sp³-hybridized carbons (Fsp3) is 0.167. The molecule has 0 aliphatic carbocycles. The van der Waals surface area contributed by atoms with Gasteiger partial charge in [-0.25, -0.2) is 14.2 Å². The number of rotatable bonds is 5. The third kappa shape index (κ3) is 2.86. The standard InChI is InChI=1S/C18H18N6/c1-14-10-17(24(22-14)13-15-6-3-2-4-7-15)20-11-16-12-21-23-9-5-8-19-18(16)23/h2-10,12,20H,11,13H2,1H3.